The van der Waals surface area contributed by atoms with E-state index >= 15 is 0 Å². The van der Waals surface area contributed by atoms with E-state index in [0.717, 1.165) is 19.1 Å². The molecular formula is C33H48N4O13. The summed E-state index contributed by atoms with van der Waals surface area (Å²) in [5.74, 6) is -3.72. The van der Waals surface area contributed by atoms with Gasteiger partial charge in [-0.25, -0.2) is 9.59 Å². The number of hydrogen-bond donors (Lipinski definition) is 9. The van der Waals surface area contributed by atoms with Gasteiger partial charge in [-0.1, -0.05) is 18.2 Å². The van der Waals surface area contributed by atoms with Crippen molar-refractivity contribution < 1.29 is 64.3 Å². The number of nitrogens with two attached hydrogens (primary N) is 1. The molecule has 0 spiro atoms. The summed E-state index contributed by atoms with van der Waals surface area (Å²) in [5, 5.41) is 72.4. The van der Waals surface area contributed by atoms with Crippen molar-refractivity contribution in [1.29, 1.82) is 0 Å². The third kappa shape index (κ3) is 9.49. The lowest BCUT2D eigenvalue weighted by molar-refractivity contribution is -0.338. The lowest BCUT2D eigenvalue weighted by Crippen LogP contribution is -2.60. The van der Waals surface area contributed by atoms with E-state index in [1.54, 1.807) is 23.3 Å². The van der Waals surface area contributed by atoms with Crippen molar-refractivity contribution in [2.24, 2.45) is 22.6 Å². The minimum Gasteiger partial charge on any atom is -0.478 e. The first-order valence-electron chi connectivity index (χ1n) is 16.6. The third-order valence-corrected chi connectivity index (χ3v) is 8.87. The van der Waals surface area contributed by atoms with Gasteiger partial charge in [-0.15, -0.1) is 6.58 Å². The van der Waals surface area contributed by atoms with Gasteiger partial charge < -0.3 is 70.6 Å². The molecule has 0 aromatic rings. The average Bonchev–Trinajstić information content (AvgIpc) is 3.61. The molecule has 0 aromatic carbocycles. The van der Waals surface area contributed by atoms with Crippen molar-refractivity contribution >= 4 is 17.9 Å². The predicted octanol–water partition coefficient (Wildman–Crippen LogP) is -1.68. The maximum Gasteiger partial charge on any atom is 0.338 e. The number of aliphatic imine (C=N–C) groups is 1. The molecule has 4 rings (SSSR count). The fourth-order valence-corrected chi connectivity index (χ4v) is 6.15. The molecule has 3 aliphatic heterocycles. The van der Waals surface area contributed by atoms with E-state index in [-0.39, 0.29) is 61.8 Å². The highest BCUT2D eigenvalue weighted by molar-refractivity contribution is 5.92. The van der Waals surface area contributed by atoms with Crippen LogP contribution in [0.5, 0.6) is 0 Å². The van der Waals surface area contributed by atoms with Crippen molar-refractivity contribution in [2.75, 3.05) is 39.5 Å². The summed E-state index contributed by atoms with van der Waals surface area (Å²) in [7, 11) is 0. The number of carboxylic acids is 1. The average molecular weight is 709 g/mol. The summed E-state index contributed by atoms with van der Waals surface area (Å²) in [6.45, 7) is 3.09. The van der Waals surface area contributed by atoms with Gasteiger partial charge >= 0.3 is 11.9 Å². The highest BCUT2D eigenvalue weighted by Crippen LogP contribution is 2.37. The maximum absolute atomic E-state index is 13.6. The molecule has 8 unspecified atom stereocenters. The second kappa shape index (κ2) is 18.4. The van der Waals surface area contributed by atoms with E-state index in [1.165, 1.54) is 6.08 Å². The van der Waals surface area contributed by atoms with Crippen LogP contribution in [0.3, 0.4) is 0 Å². The smallest absolute Gasteiger partial charge is 0.338 e. The highest BCUT2D eigenvalue weighted by atomic mass is 16.8. The zero-order valence-electron chi connectivity index (χ0n) is 27.6. The number of rotatable bonds is 15. The van der Waals surface area contributed by atoms with Crippen molar-refractivity contribution in [1.82, 2.24) is 10.2 Å². The van der Waals surface area contributed by atoms with Gasteiger partial charge in [-0.2, -0.15) is 0 Å². The Balaban J connectivity index is 1.71. The summed E-state index contributed by atoms with van der Waals surface area (Å²) in [4.78, 5) is 31.7. The second-order valence-electron chi connectivity index (χ2n) is 12.3. The van der Waals surface area contributed by atoms with E-state index < -0.39 is 67.4 Å². The fraction of sp³-hybridized carbons (Fsp3) is 0.606. The van der Waals surface area contributed by atoms with Crippen molar-refractivity contribution in [2.45, 2.75) is 75.2 Å². The summed E-state index contributed by atoms with van der Waals surface area (Å²) in [6.07, 6.45) is 1.60. The number of allylic oxidation sites excluding steroid dienone is 2. The molecule has 50 heavy (non-hydrogen) atoms. The van der Waals surface area contributed by atoms with Crippen molar-refractivity contribution in [3.05, 3.63) is 59.7 Å². The van der Waals surface area contributed by atoms with Crippen LogP contribution in [0.15, 0.2) is 64.7 Å². The molecule has 0 aromatic heterocycles. The van der Waals surface area contributed by atoms with Crippen LogP contribution in [0.4, 0.5) is 0 Å². The summed E-state index contributed by atoms with van der Waals surface area (Å²) in [5.41, 5.74) is 6.51. The van der Waals surface area contributed by atoms with Crippen LogP contribution in [0.25, 0.3) is 0 Å². The molecule has 0 amide bonds. The SMILES string of the molecule is C=CC1C(OC2OC(CO)C(O)C(O)C2O)OC=C(C(=O)OC2CCCC2)C1C=CC1=CN(CCO)CC(C(=O)O)=C1NC(N)=NCCCO. The Morgan fingerprint density at radius 3 is 2.48 bits per heavy atom. The number of guanidine groups is 1. The zero-order chi connectivity index (χ0) is 36.4. The van der Waals surface area contributed by atoms with Crippen molar-refractivity contribution in [3.8, 4) is 0 Å². The van der Waals surface area contributed by atoms with Gasteiger partial charge in [0.25, 0.3) is 0 Å². The van der Waals surface area contributed by atoms with Gasteiger partial charge in [0.05, 0.1) is 48.8 Å². The number of nitrogens with zero attached hydrogens (tertiary/aromatic N) is 2. The Kier molecular flexibility index (Phi) is 14.4. The van der Waals surface area contributed by atoms with Gasteiger partial charge in [0.2, 0.25) is 6.29 Å². The van der Waals surface area contributed by atoms with Crippen LogP contribution in [0.1, 0.15) is 32.1 Å². The molecule has 1 saturated carbocycles. The van der Waals surface area contributed by atoms with E-state index in [0.29, 0.717) is 24.8 Å². The maximum atomic E-state index is 13.6. The minimum absolute atomic E-state index is 0.0695. The molecule has 8 atom stereocenters. The summed E-state index contributed by atoms with van der Waals surface area (Å²) >= 11 is 0. The molecule has 1 saturated heterocycles. The quantitative estimate of drug-likeness (QED) is 0.0302. The summed E-state index contributed by atoms with van der Waals surface area (Å²) in [6, 6.07) is 0. The molecular weight excluding hydrogens is 660 g/mol. The van der Waals surface area contributed by atoms with Crippen LogP contribution < -0.4 is 11.1 Å². The number of nitrogens with one attached hydrogen (secondary N) is 1. The van der Waals surface area contributed by atoms with Crippen LogP contribution in [0.2, 0.25) is 0 Å². The number of ether oxygens (including phenoxy) is 4. The molecule has 0 radical (unpaired) electrons. The highest BCUT2D eigenvalue weighted by Gasteiger charge is 2.47. The number of aliphatic hydroxyl groups excluding tert-OH is 6. The minimum atomic E-state index is -1.73. The number of carbonyl (C=O) groups is 2. The number of carboxylic acid groups (broad SMARTS) is 1. The van der Waals surface area contributed by atoms with E-state index in [1.807, 2.05) is 0 Å². The number of hydrogen-bond acceptors (Lipinski definition) is 14. The number of carbonyl (C=O) groups excluding carboxylic acids is 1. The number of aliphatic carboxylic acids is 1. The zero-order valence-corrected chi connectivity index (χ0v) is 27.6. The normalized spacial score (nSPS) is 30.9. The molecule has 3 heterocycles. The van der Waals surface area contributed by atoms with Crippen molar-refractivity contribution in [3.63, 3.8) is 0 Å². The number of esters is 1. The topological polar surface area (TPSA) is 266 Å². The molecule has 2 fully saturated rings. The lowest BCUT2D eigenvalue weighted by Gasteiger charge is -2.42. The van der Waals surface area contributed by atoms with E-state index in [2.05, 4.69) is 16.9 Å². The van der Waals surface area contributed by atoms with Crippen LogP contribution in [-0.4, -0.2) is 141 Å². The molecule has 17 heteroatoms. The number of β-amino-alcohol motifs (C(OH)–C–C–N with tert-alkyl or cyclic N) is 1. The lowest BCUT2D eigenvalue weighted by atomic mass is 9.83. The van der Waals surface area contributed by atoms with Gasteiger partial charge in [0, 0.05) is 37.4 Å². The fourth-order valence-electron chi connectivity index (χ4n) is 6.15. The molecule has 10 N–H and O–H groups in total. The van der Waals surface area contributed by atoms with Crippen LogP contribution in [0, 0.1) is 11.8 Å². The van der Waals surface area contributed by atoms with E-state index in [4.69, 9.17) is 29.8 Å². The number of aliphatic hydroxyl groups is 6. The standard InChI is InChI=1S/C33H48N4O13/c1-2-20-21(9-8-18-14-37(11-13-39)15-22(29(44)45)25(18)36-33(34)35-10-5-12-38)23(30(46)48-19-6-3-4-7-19)17-47-31(20)50-32-28(43)27(42)26(41)24(16-40)49-32/h2,8-9,14,17,19-21,24,26-28,31-32,38-43H,1,3-7,10-13,15-16H2,(H,44,45)(H3,34,35,36). The Bertz CT molecular complexity index is 1360. The van der Waals surface area contributed by atoms with Gasteiger partial charge in [-0.05, 0) is 32.1 Å². The first kappa shape index (κ1) is 39.0. The molecule has 4 aliphatic rings. The molecule has 278 valence electrons. The third-order valence-electron chi connectivity index (χ3n) is 8.87. The van der Waals surface area contributed by atoms with Gasteiger partial charge in [-0.3, -0.25) is 4.99 Å². The van der Waals surface area contributed by atoms with Crippen LogP contribution >= 0.6 is 0 Å². The largest absolute Gasteiger partial charge is 0.478 e. The Morgan fingerprint density at radius 2 is 1.84 bits per heavy atom. The molecule has 1 aliphatic carbocycles. The Hall–Kier alpha value is -3.81. The first-order chi connectivity index (χ1) is 24.0. The molecule has 0 bridgehead atoms. The van der Waals surface area contributed by atoms with Gasteiger partial charge in [0.15, 0.2) is 12.2 Å². The first-order valence-corrected chi connectivity index (χ1v) is 16.6. The monoisotopic (exact) mass is 708 g/mol. The van der Waals surface area contributed by atoms with E-state index in [9.17, 15) is 40.2 Å². The Morgan fingerprint density at radius 1 is 1.10 bits per heavy atom. The second-order valence-corrected chi connectivity index (χ2v) is 12.3. The Labute approximate surface area is 289 Å². The predicted molar refractivity (Wildman–Crippen MR) is 175 cm³/mol. The molecule has 17 nitrogen and oxygen atoms in total. The summed E-state index contributed by atoms with van der Waals surface area (Å²) < 4.78 is 23.0. The van der Waals surface area contributed by atoms with Crippen LogP contribution in [-0.2, 0) is 28.5 Å². The van der Waals surface area contributed by atoms with Gasteiger partial charge in [0.1, 0.15) is 30.5 Å².